The third kappa shape index (κ3) is 2.94. The Morgan fingerprint density at radius 2 is 1.53 bits per heavy atom. The van der Waals surface area contributed by atoms with Crippen LogP contribution in [0.4, 0.5) is 0 Å². The SMILES string of the molecule is CO[C@H]1O[C@H]([C@H]2CCCO2)[C@@H](OC)[C@H](OC)[C@H]1OC. The van der Waals surface area contributed by atoms with E-state index in [1.807, 2.05) is 0 Å². The summed E-state index contributed by atoms with van der Waals surface area (Å²) in [6.07, 6.45) is 0.561. The largest absolute Gasteiger partial charge is 0.376 e. The van der Waals surface area contributed by atoms with Crippen LogP contribution in [0.15, 0.2) is 0 Å². The van der Waals surface area contributed by atoms with E-state index < -0.39 is 6.29 Å². The molecule has 0 radical (unpaired) electrons. The third-order valence-corrected chi connectivity index (χ3v) is 3.91. The molecule has 2 heterocycles. The van der Waals surface area contributed by atoms with Crippen LogP contribution in [0.25, 0.3) is 0 Å². The fraction of sp³-hybridized carbons (Fsp3) is 1.00. The average molecular weight is 276 g/mol. The second-order valence-corrected chi connectivity index (χ2v) is 4.86. The molecule has 112 valence electrons. The smallest absolute Gasteiger partial charge is 0.186 e. The predicted octanol–water partition coefficient (Wildman–Crippen LogP) is 0.582. The quantitative estimate of drug-likeness (QED) is 0.732. The van der Waals surface area contributed by atoms with Crippen LogP contribution in [-0.4, -0.2) is 71.9 Å². The molecule has 2 aliphatic heterocycles. The highest BCUT2D eigenvalue weighted by Gasteiger charge is 2.50. The van der Waals surface area contributed by atoms with E-state index in [2.05, 4.69) is 0 Å². The van der Waals surface area contributed by atoms with Gasteiger partial charge in [-0.25, -0.2) is 0 Å². The fourth-order valence-electron chi connectivity index (χ4n) is 2.97. The van der Waals surface area contributed by atoms with Gasteiger partial charge in [-0.3, -0.25) is 0 Å². The highest BCUT2D eigenvalue weighted by molar-refractivity contribution is 4.96. The summed E-state index contributed by atoms with van der Waals surface area (Å²) < 4.78 is 33.7. The molecule has 0 aromatic heterocycles. The molecule has 0 bridgehead atoms. The van der Waals surface area contributed by atoms with Gasteiger partial charge in [-0.15, -0.1) is 0 Å². The molecule has 0 spiro atoms. The summed E-state index contributed by atoms with van der Waals surface area (Å²) in [7, 11) is 6.52. The van der Waals surface area contributed by atoms with Crippen molar-refractivity contribution in [2.75, 3.05) is 35.0 Å². The van der Waals surface area contributed by atoms with E-state index in [9.17, 15) is 0 Å². The van der Waals surface area contributed by atoms with Crippen LogP contribution in [0.5, 0.6) is 0 Å². The number of hydrogen-bond donors (Lipinski definition) is 0. The molecule has 19 heavy (non-hydrogen) atoms. The van der Waals surface area contributed by atoms with E-state index >= 15 is 0 Å². The van der Waals surface area contributed by atoms with Gasteiger partial charge in [0.25, 0.3) is 0 Å². The molecule has 2 fully saturated rings. The monoisotopic (exact) mass is 276 g/mol. The first-order valence-electron chi connectivity index (χ1n) is 6.65. The summed E-state index contributed by atoms with van der Waals surface area (Å²) in [6.45, 7) is 0.768. The highest BCUT2D eigenvalue weighted by Crippen LogP contribution is 2.32. The lowest BCUT2D eigenvalue weighted by atomic mass is 9.93. The average Bonchev–Trinajstić information content (AvgIpc) is 2.98. The number of methoxy groups -OCH3 is 4. The summed E-state index contributed by atoms with van der Waals surface area (Å²) in [5, 5.41) is 0. The van der Waals surface area contributed by atoms with Gasteiger partial charge >= 0.3 is 0 Å². The highest BCUT2D eigenvalue weighted by atomic mass is 16.7. The topological polar surface area (TPSA) is 55.4 Å². The second-order valence-electron chi connectivity index (χ2n) is 4.86. The van der Waals surface area contributed by atoms with Crippen molar-refractivity contribution in [3.05, 3.63) is 0 Å². The van der Waals surface area contributed by atoms with Crippen LogP contribution in [0.3, 0.4) is 0 Å². The summed E-state index contributed by atoms with van der Waals surface area (Å²) >= 11 is 0. The maximum absolute atomic E-state index is 5.98. The van der Waals surface area contributed by atoms with Gasteiger partial charge in [0.05, 0.1) is 6.10 Å². The van der Waals surface area contributed by atoms with Gasteiger partial charge in [-0.2, -0.15) is 0 Å². The van der Waals surface area contributed by atoms with E-state index in [0.29, 0.717) is 0 Å². The normalized spacial score (nSPS) is 43.6. The van der Waals surface area contributed by atoms with Crippen LogP contribution in [-0.2, 0) is 28.4 Å². The van der Waals surface area contributed by atoms with Crippen molar-refractivity contribution in [2.24, 2.45) is 0 Å². The predicted molar refractivity (Wildman–Crippen MR) is 67.0 cm³/mol. The van der Waals surface area contributed by atoms with Gasteiger partial charge in [0, 0.05) is 35.0 Å². The van der Waals surface area contributed by atoms with Gasteiger partial charge in [-0.05, 0) is 12.8 Å². The molecule has 2 saturated heterocycles. The van der Waals surface area contributed by atoms with E-state index in [4.69, 9.17) is 28.4 Å². The standard InChI is InChI=1S/C13H24O6/c1-14-10-9(8-6-5-7-18-8)19-13(17-4)12(16-3)11(10)15-2/h8-13H,5-7H2,1-4H3/t8-,9-,10-,11+,12-,13+/m1/s1. The van der Waals surface area contributed by atoms with E-state index in [1.165, 1.54) is 0 Å². The minimum atomic E-state index is -0.476. The van der Waals surface area contributed by atoms with E-state index in [-0.39, 0.29) is 30.5 Å². The molecule has 0 N–H and O–H groups in total. The fourth-order valence-corrected chi connectivity index (χ4v) is 2.97. The molecule has 0 amide bonds. The summed E-state index contributed by atoms with van der Waals surface area (Å²) in [5.74, 6) is 0. The number of rotatable bonds is 5. The molecule has 0 unspecified atom stereocenters. The number of ether oxygens (including phenoxy) is 6. The molecule has 2 rings (SSSR count). The Kier molecular flexibility index (Phi) is 5.56. The molecule has 2 aliphatic rings. The Hall–Kier alpha value is -0.240. The van der Waals surface area contributed by atoms with Crippen molar-refractivity contribution in [3.8, 4) is 0 Å². The van der Waals surface area contributed by atoms with Crippen molar-refractivity contribution < 1.29 is 28.4 Å². The first-order valence-corrected chi connectivity index (χ1v) is 6.65. The van der Waals surface area contributed by atoms with Crippen LogP contribution in [0.2, 0.25) is 0 Å². The molecule has 0 aromatic carbocycles. The van der Waals surface area contributed by atoms with Crippen LogP contribution >= 0.6 is 0 Å². The lowest BCUT2D eigenvalue weighted by Gasteiger charge is -2.45. The van der Waals surface area contributed by atoms with Crippen LogP contribution < -0.4 is 0 Å². The van der Waals surface area contributed by atoms with Crippen molar-refractivity contribution in [3.63, 3.8) is 0 Å². The minimum Gasteiger partial charge on any atom is -0.376 e. The molecule has 0 saturated carbocycles. The lowest BCUT2D eigenvalue weighted by molar-refractivity contribution is -0.315. The first kappa shape index (κ1) is 15.2. The van der Waals surface area contributed by atoms with Gasteiger partial charge < -0.3 is 28.4 Å². The number of hydrogen-bond acceptors (Lipinski definition) is 6. The molecular formula is C13H24O6. The van der Waals surface area contributed by atoms with Gasteiger partial charge in [-0.1, -0.05) is 0 Å². The second kappa shape index (κ2) is 6.97. The molecule has 6 nitrogen and oxygen atoms in total. The van der Waals surface area contributed by atoms with E-state index in [0.717, 1.165) is 19.4 Å². The zero-order valence-corrected chi connectivity index (χ0v) is 12.0. The Morgan fingerprint density at radius 3 is 2.00 bits per heavy atom. The maximum atomic E-state index is 5.98. The Balaban J connectivity index is 2.17. The zero-order valence-electron chi connectivity index (χ0n) is 12.0. The minimum absolute atomic E-state index is 0.0260. The van der Waals surface area contributed by atoms with Gasteiger partial charge in [0.2, 0.25) is 0 Å². The Labute approximate surface area is 114 Å². The van der Waals surface area contributed by atoms with Crippen LogP contribution in [0.1, 0.15) is 12.8 Å². The Bertz CT molecular complexity index is 268. The van der Waals surface area contributed by atoms with Crippen molar-refractivity contribution in [2.45, 2.75) is 49.7 Å². The Morgan fingerprint density at radius 1 is 0.842 bits per heavy atom. The van der Waals surface area contributed by atoms with Crippen LogP contribution in [0, 0.1) is 0 Å². The van der Waals surface area contributed by atoms with Gasteiger partial charge in [0.15, 0.2) is 6.29 Å². The summed E-state index contributed by atoms with van der Waals surface area (Å²) in [4.78, 5) is 0. The van der Waals surface area contributed by atoms with E-state index in [1.54, 1.807) is 28.4 Å². The lowest BCUT2D eigenvalue weighted by Crippen LogP contribution is -2.62. The maximum Gasteiger partial charge on any atom is 0.186 e. The molecular weight excluding hydrogens is 252 g/mol. The molecule has 6 atom stereocenters. The summed E-state index contributed by atoms with van der Waals surface area (Å²) in [6, 6.07) is 0. The van der Waals surface area contributed by atoms with Crippen molar-refractivity contribution in [1.82, 2.24) is 0 Å². The third-order valence-electron chi connectivity index (χ3n) is 3.91. The first-order chi connectivity index (χ1) is 9.26. The zero-order chi connectivity index (χ0) is 13.8. The van der Waals surface area contributed by atoms with Crippen molar-refractivity contribution in [1.29, 1.82) is 0 Å². The molecule has 0 aliphatic carbocycles. The van der Waals surface area contributed by atoms with Gasteiger partial charge in [0.1, 0.15) is 24.4 Å². The van der Waals surface area contributed by atoms with Crippen molar-refractivity contribution >= 4 is 0 Å². The molecule has 0 aromatic rings. The molecule has 6 heteroatoms. The summed E-state index contributed by atoms with van der Waals surface area (Å²) in [5.41, 5.74) is 0.